The molecule has 2 aliphatic heterocycles. The lowest BCUT2D eigenvalue weighted by Crippen LogP contribution is -2.77. The van der Waals surface area contributed by atoms with Crippen LogP contribution >= 0.6 is 0 Å². The number of amides is 4. The summed E-state index contributed by atoms with van der Waals surface area (Å²) in [5.74, 6) is 2.44. The predicted octanol–water partition coefficient (Wildman–Crippen LogP) is 2.17. The van der Waals surface area contributed by atoms with Crippen LogP contribution in [0.25, 0.3) is 0 Å². The molecule has 176 valence electrons. The summed E-state index contributed by atoms with van der Waals surface area (Å²) in [6.07, 6.45) is 10.5. The number of nitrogens with zero attached hydrogens (tertiary/aromatic N) is 4. The van der Waals surface area contributed by atoms with E-state index in [4.69, 9.17) is 6.42 Å². The number of nitrogens with one attached hydrogen (secondary N) is 1. The van der Waals surface area contributed by atoms with Crippen LogP contribution in [0.1, 0.15) is 51.0 Å². The van der Waals surface area contributed by atoms with E-state index < -0.39 is 12.2 Å². The van der Waals surface area contributed by atoms with Gasteiger partial charge in [-0.3, -0.25) is 9.59 Å². The number of piperazine rings is 1. The molecule has 0 bridgehead atoms. The number of hydrogen-bond donors (Lipinski definition) is 1. The van der Waals surface area contributed by atoms with Gasteiger partial charge in [-0.15, -0.1) is 6.42 Å². The zero-order valence-corrected chi connectivity index (χ0v) is 19.3. The van der Waals surface area contributed by atoms with E-state index in [2.05, 4.69) is 11.2 Å². The third-order valence-corrected chi connectivity index (χ3v) is 6.87. The van der Waals surface area contributed by atoms with Crippen LogP contribution in [0.5, 0.6) is 0 Å². The molecule has 4 rings (SSSR count). The minimum atomic E-state index is -0.565. The van der Waals surface area contributed by atoms with Crippen molar-refractivity contribution in [3.63, 3.8) is 0 Å². The molecule has 8 heteroatoms. The van der Waals surface area contributed by atoms with E-state index in [1.54, 1.807) is 14.9 Å². The summed E-state index contributed by atoms with van der Waals surface area (Å²) in [7, 11) is 0. The maximum atomic E-state index is 13.5. The lowest BCUT2D eigenvalue weighted by molar-refractivity contribution is -0.191. The molecular weight excluding hydrogens is 418 g/mol. The zero-order valence-electron chi connectivity index (χ0n) is 19.3. The van der Waals surface area contributed by atoms with Crippen molar-refractivity contribution in [2.75, 3.05) is 19.6 Å². The van der Waals surface area contributed by atoms with Crippen LogP contribution in [-0.4, -0.2) is 75.5 Å². The molecule has 3 aliphatic rings. The summed E-state index contributed by atoms with van der Waals surface area (Å²) in [6.45, 7) is 2.82. The normalized spacial score (nSPS) is 24.1. The van der Waals surface area contributed by atoms with E-state index in [9.17, 15) is 14.4 Å². The van der Waals surface area contributed by atoms with Crippen LogP contribution in [0.4, 0.5) is 4.79 Å². The van der Waals surface area contributed by atoms with Gasteiger partial charge in [0.15, 0.2) is 0 Å². The Kier molecular flexibility index (Phi) is 7.19. The molecule has 2 saturated heterocycles. The van der Waals surface area contributed by atoms with Crippen LogP contribution in [0.15, 0.2) is 30.3 Å². The van der Waals surface area contributed by atoms with E-state index >= 15 is 0 Å². The standard InChI is InChI=1S/C25H33N5O3/c1-3-10-21-24(32)28(20-13-8-9-14-20)17-22-29(21)23(31)18-27(15-4-2)30(22)25(33)26-16-19-11-6-5-7-12-19/h2,5-7,11-12,20-22H,3,8-10,13-18H2,1H3,(H,26,33)/t21-,22-/m0/s1. The minimum absolute atomic E-state index is 0.0170. The van der Waals surface area contributed by atoms with Gasteiger partial charge in [0, 0.05) is 12.6 Å². The maximum absolute atomic E-state index is 13.5. The fourth-order valence-corrected chi connectivity index (χ4v) is 5.35. The molecule has 0 unspecified atom stereocenters. The fraction of sp³-hybridized carbons (Fsp3) is 0.560. The molecule has 1 aromatic carbocycles. The van der Waals surface area contributed by atoms with E-state index in [0.29, 0.717) is 19.5 Å². The molecule has 8 nitrogen and oxygen atoms in total. The highest BCUT2D eigenvalue weighted by Crippen LogP contribution is 2.33. The van der Waals surface area contributed by atoms with Gasteiger partial charge in [0.25, 0.3) is 0 Å². The third-order valence-electron chi connectivity index (χ3n) is 6.87. The van der Waals surface area contributed by atoms with Crippen LogP contribution in [-0.2, 0) is 16.1 Å². The highest BCUT2D eigenvalue weighted by Gasteiger charge is 2.52. The molecule has 2 heterocycles. The van der Waals surface area contributed by atoms with E-state index in [0.717, 1.165) is 37.7 Å². The zero-order chi connectivity index (χ0) is 23.4. The summed E-state index contributed by atoms with van der Waals surface area (Å²) in [4.78, 5) is 43.7. The summed E-state index contributed by atoms with van der Waals surface area (Å²) >= 11 is 0. The molecule has 33 heavy (non-hydrogen) atoms. The lowest BCUT2D eigenvalue weighted by Gasteiger charge is -2.55. The van der Waals surface area contributed by atoms with Crippen molar-refractivity contribution < 1.29 is 14.4 Å². The minimum Gasteiger partial charge on any atom is -0.334 e. The molecule has 1 N–H and O–H groups in total. The number of fused-ring (bicyclic) bond motifs is 1. The Balaban J connectivity index is 1.63. The summed E-state index contributed by atoms with van der Waals surface area (Å²) in [5, 5.41) is 6.20. The Bertz CT molecular complexity index is 908. The number of urea groups is 1. The Morgan fingerprint density at radius 2 is 1.91 bits per heavy atom. The van der Waals surface area contributed by atoms with Crippen LogP contribution < -0.4 is 5.32 Å². The van der Waals surface area contributed by atoms with Crippen LogP contribution in [0.3, 0.4) is 0 Å². The van der Waals surface area contributed by atoms with Gasteiger partial charge in [-0.25, -0.2) is 9.80 Å². The van der Waals surface area contributed by atoms with Crippen molar-refractivity contribution in [3.05, 3.63) is 35.9 Å². The van der Waals surface area contributed by atoms with E-state index in [1.165, 1.54) is 0 Å². The number of benzene rings is 1. The van der Waals surface area contributed by atoms with Gasteiger partial charge in [0.05, 0.1) is 19.6 Å². The molecule has 2 atom stereocenters. The molecule has 1 aromatic rings. The smallest absolute Gasteiger partial charge is 0.334 e. The highest BCUT2D eigenvalue weighted by atomic mass is 16.2. The molecule has 1 saturated carbocycles. The summed E-state index contributed by atoms with van der Waals surface area (Å²) in [6, 6.07) is 8.99. The van der Waals surface area contributed by atoms with Crippen molar-refractivity contribution in [1.29, 1.82) is 0 Å². The Labute approximate surface area is 195 Å². The van der Waals surface area contributed by atoms with E-state index in [1.807, 2.05) is 42.2 Å². The largest absolute Gasteiger partial charge is 0.334 e. The number of terminal acetylenes is 1. The molecule has 0 spiro atoms. The van der Waals surface area contributed by atoms with Gasteiger partial charge in [-0.1, -0.05) is 62.4 Å². The van der Waals surface area contributed by atoms with Crippen molar-refractivity contribution in [2.24, 2.45) is 0 Å². The summed E-state index contributed by atoms with van der Waals surface area (Å²) in [5.41, 5.74) is 0.981. The first kappa shape index (κ1) is 23.1. The first-order valence-corrected chi connectivity index (χ1v) is 12.0. The van der Waals surface area contributed by atoms with Gasteiger partial charge in [0.1, 0.15) is 12.2 Å². The van der Waals surface area contributed by atoms with Gasteiger partial charge in [0.2, 0.25) is 11.8 Å². The first-order chi connectivity index (χ1) is 16.0. The number of carbonyl (C=O) groups excluding carboxylic acids is 3. The van der Waals surface area contributed by atoms with Gasteiger partial charge >= 0.3 is 6.03 Å². The fourth-order valence-electron chi connectivity index (χ4n) is 5.35. The topological polar surface area (TPSA) is 76.2 Å². The number of rotatable bonds is 6. The number of hydrazine groups is 1. The first-order valence-electron chi connectivity index (χ1n) is 12.0. The van der Waals surface area contributed by atoms with Gasteiger partial charge in [-0.2, -0.15) is 5.01 Å². The lowest BCUT2D eigenvalue weighted by atomic mass is 10.00. The molecule has 3 fully saturated rings. The van der Waals surface area contributed by atoms with Crippen molar-refractivity contribution in [1.82, 2.24) is 25.1 Å². The Hall–Kier alpha value is -3.05. The van der Waals surface area contributed by atoms with Crippen molar-refractivity contribution in [3.8, 4) is 12.3 Å². The molecule has 1 aliphatic carbocycles. The third kappa shape index (κ3) is 4.69. The SMILES string of the molecule is C#CCN1CC(=O)N2[C@@H](CCC)C(=O)N(C3CCCC3)C[C@@H]2N1C(=O)NCc1ccccc1. The monoisotopic (exact) mass is 451 g/mol. The number of hydrogen-bond acceptors (Lipinski definition) is 4. The molecular formula is C25H33N5O3. The van der Waals surface area contributed by atoms with Gasteiger partial charge < -0.3 is 15.1 Å². The Morgan fingerprint density at radius 1 is 1.18 bits per heavy atom. The molecule has 4 amide bonds. The second-order valence-corrected chi connectivity index (χ2v) is 9.03. The average molecular weight is 452 g/mol. The summed E-state index contributed by atoms with van der Waals surface area (Å²) < 4.78 is 0. The molecule has 0 radical (unpaired) electrons. The van der Waals surface area contributed by atoms with Crippen molar-refractivity contribution >= 4 is 17.8 Å². The predicted molar refractivity (Wildman–Crippen MR) is 124 cm³/mol. The van der Waals surface area contributed by atoms with Crippen LogP contribution in [0.2, 0.25) is 0 Å². The Morgan fingerprint density at radius 3 is 2.58 bits per heavy atom. The molecule has 0 aromatic heterocycles. The average Bonchev–Trinajstić information content (AvgIpc) is 3.35. The van der Waals surface area contributed by atoms with Crippen LogP contribution in [0, 0.1) is 12.3 Å². The van der Waals surface area contributed by atoms with E-state index in [-0.39, 0.29) is 37.0 Å². The second-order valence-electron chi connectivity index (χ2n) is 9.03. The number of carbonyl (C=O) groups is 3. The second kappa shape index (κ2) is 10.3. The maximum Gasteiger partial charge on any atom is 0.334 e. The highest BCUT2D eigenvalue weighted by molar-refractivity contribution is 5.91. The van der Waals surface area contributed by atoms with Gasteiger partial charge in [-0.05, 0) is 24.8 Å². The van der Waals surface area contributed by atoms with Crippen molar-refractivity contribution in [2.45, 2.75) is 70.2 Å². The quantitative estimate of drug-likeness (QED) is 0.673.